The maximum atomic E-state index is 13.7. The maximum absolute atomic E-state index is 13.7. The predicted molar refractivity (Wildman–Crippen MR) is 116 cm³/mol. The number of aliphatic hydroxyl groups excluding tert-OH is 2. The minimum atomic E-state index is -1.15. The van der Waals surface area contributed by atoms with Crippen molar-refractivity contribution in [1.29, 1.82) is 0 Å². The summed E-state index contributed by atoms with van der Waals surface area (Å²) < 4.78 is 15.3. The molecule has 4 rings (SSSR count). The molecule has 32 heavy (non-hydrogen) atoms. The number of nitrogens with one attached hydrogen (secondary N) is 1. The number of carbonyl (C=O) groups excluding carboxylic acids is 1. The summed E-state index contributed by atoms with van der Waals surface area (Å²) in [7, 11) is 0. The molecule has 0 aromatic carbocycles. The minimum Gasteiger partial charge on any atom is -0.395 e. The van der Waals surface area contributed by atoms with Crippen molar-refractivity contribution in [3.63, 3.8) is 0 Å². The molecule has 3 aromatic heterocycles. The van der Waals surface area contributed by atoms with Crippen LogP contribution >= 0.6 is 0 Å². The van der Waals surface area contributed by atoms with Crippen LogP contribution < -0.4 is 5.32 Å². The van der Waals surface area contributed by atoms with E-state index >= 15 is 0 Å². The molecule has 1 aliphatic heterocycles. The largest absolute Gasteiger partial charge is 0.395 e. The molecule has 0 bridgehead atoms. The van der Waals surface area contributed by atoms with Crippen LogP contribution in [0.5, 0.6) is 0 Å². The Balaban J connectivity index is 1.51. The summed E-state index contributed by atoms with van der Waals surface area (Å²) in [5, 5.41) is 22.8. The number of hydrogen-bond acceptors (Lipinski definition) is 7. The lowest BCUT2D eigenvalue weighted by Gasteiger charge is -2.39. The number of amides is 1. The molecule has 4 heterocycles. The number of anilines is 1. The topological polar surface area (TPSA) is 116 Å². The normalized spacial score (nSPS) is 17.0. The van der Waals surface area contributed by atoms with Gasteiger partial charge in [-0.15, -0.1) is 0 Å². The molecule has 1 atom stereocenters. The van der Waals surface area contributed by atoms with Gasteiger partial charge in [0.15, 0.2) is 5.82 Å². The standard InChI is InChI=1S/C22H27FN6O3/c1-2-22(13-30,14-31)21(32)28-9-3-4-16(12-28)26-18-7-8-24-20(27-18)17-10-25-19-6-5-15(23)11-29(17)19/h5-8,10-11,16,30-31H,2-4,9,12-14H2,1H3,(H,24,26,27)/t16-/m1/s1. The molecule has 0 saturated carbocycles. The Morgan fingerprint density at radius 3 is 2.84 bits per heavy atom. The number of fused-ring (bicyclic) bond motifs is 1. The van der Waals surface area contributed by atoms with Gasteiger partial charge in [-0.2, -0.15) is 0 Å². The van der Waals surface area contributed by atoms with Crippen LogP contribution in [0.4, 0.5) is 10.2 Å². The Hall–Kier alpha value is -3.11. The van der Waals surface area contributed by atoms with Gasteiger partial charge in [0.25, 0.3) is 0 Å². The molecule has 9 nitrogen and oxygen atoms in total. The summed E-state index contributed by atoms with van der Waals surface area (Å²) in [5.41, 5.74) is 0.0154. The first-order valence-electron chi connectivity index (χ1n) is 10.7. The molecule has 1 fully saturated rings. The first-order chi connectivity index (χ1) is 15.5. The zero-order chi connectivity index (χ0) is 22.7. The third-order valence-electron chi connectivity index (χ3n) is 6.15. The number of hydrogen-bond donors (Lipinski definition) is 3. The van der Waals surface area contributed by atoms with E-state index in [1.54, 1.807) is 40.8 Å². The lowest BCUT2D eigenvalue weighted by molar-refractivity contribution is -0.149. The maximum Gasteiger partial charge on any atom is 0.233 e. The van der Waals surface area contributed by atoms with Crippen LogP contribution in [0, 0.1) is 11.2 Å². The van der Waals surface area contributed by atoms with E-state index in [1.165, 1.54) is 12.3 Å². The van der Waals surface area contributed by atoms with Crippen molar-refractivity contribution in [1.82, 2.24) is 24.3 Å². The summed E-state index contributed by atoms with van der Waals surface area (Å²) in [6, 6.07) is 4.64. The van der Waals surface area contributed by atoms with Crippen molar-refractivity contribution < 1.29 is 19.4 Å². The number of likely N-dealkylation sites (tertiary alicyclic amines) is 1. The molecule has 1 aliphatic rings. The molecular formula is C22H27FN6O3. The summed E-state index contributed by atoms with van der Waals surface area (Å²) in [5.74, 6) is 0.383. The smallest absolute Gasteiger partial charge is 0.233 e. The van der Waals surface area contributed by atoms with Crippen LogP contribution in [0.2, 0.25) is 0 Å². The average Bonchev–Trinajstić information content (AvgIpc) is 3.24. The Labute approximate surface area is 184 Å². The molecule has 3 aromatic rings. The number of halogens is 1. The van der Waals surface area contributed by atoms with Gasteiger partial charge < -0.3 is 20.4 Å². The van der Waals surface area contributed by atoms with E-state index in [9.17, 15) is 19.4 Å². The third-order valence-corrected chi connectivity index (χ3v) is 6.15. The van der Waals surface area contributed by atoms with E-state index in [0.717, 1.165) is 12.8 Å². The molecule has 0 aliphatic carbocycles. The Bertz CT molecular complexity index is 1090. The zero-order valence-electron chi connectivity index (χ0n) is 17.9. The first-order valence-corrected chi connectivity index (χ1v) is 10.7. The van der Waals surface area contributed by atoms with Crippen molar-refractivity contribution in [2.75, 3.05) is 31.6 Å². The van der Waals surface area contributed by atoms with Gasteiger partial charge >= 0.3 is 0 Å². The summed E-state index contributed by atoms with van der Waals surface area (Å²) in [6.07, 6.45) is 6.57. The highest BCUT2D eigenvalue weighted by atomic mass is 19.1. The fourth-order valence-corrected chi connectivity index (χ4v) is 4.07. The van der Waals surface area contributed by atoms with Crippen molar-refractivity contribution in [2.45, 2.75) is 32.2 Å². The number of aliphatic hydroxyl groups is 2. The van der Waals surface area contributed by atoms with Gasteiger partial charge in [0.1, 0.15) is 23.0 Å². The van der Waals surface area contributed by atoms with Crippen molar-refractivity contribution in [3.8, 4) is 11.5 Å². The highest BCUT2D eigenvalue weighted by Crippen LogP contribution is 2.27. The second-order valence-electron chi connectivity index (χ2n) is 8.17. The highest BCUT2D eigenvalue weighted by molar-refractivity contribution is 5.83. The number of pyridine rings is 1. The van der Waals surface area contributed by atoms with Gasteiger partial charge in [-0.25, -0.2) is 19.3 Å². The second-order valence-corrected chi connectivity index (χ2v) is 8.17. The number of imidazole rings is 1. The summed E-state index contributed by atoms with van der Waals surface area (Å²) in [4.78, 5) is 27.8. The van der Waals surface area contributed by atoms with Crippen molar-refractivity contribution >= 4 is 17.4 Å². The summed E-state index contributed by atoms with van der Waals surface area (Å²) in [6.45, 7) is 2.05. The fraction of sp³-hybridized carbons (Fsp3) is 0.455. The highest BCUT2D eigenvalue weighted by Gasteiger charge is 2.40. The molecule has 0 unspecified atom stereocenters. The molecule has 10 heteroatoms. The molecule has 0 radical (unpaired) electrons. The van der Waals surface area contributed by atoms with Gasteiger partial charge in [-0.1, -0.05) is 6.92 Å². The van der Waals surface area contributed by atoms with E-state index in [-0.39, 0.29) is 31.0 Å². The number of piperidine rings is 1. The van der Waals surface area contributed by atoms with Crippen LogP contribution in [0.25, 0.3) is 17.2 Å². The Kier molecular flexibility index (Phi) is 6.33. The van der Waals surface area contributed by atoms with Gasteiger partial charge in [0.2, 0.25) is 5.91 Å². The third kappa shape index (κ3) is 4.15. The van der Waals surface area contributed by atoms with Crippen LogP contribution in [-0.2, 0) is 4.79 Å². The van der Waals surface area contributed by atoms with Crippen molar-refractivity contribution in [2.24, 2.45) is 5.41 Å². The molecule has 170 valence electrons. The number of aromatic nitrogens is 4. The van der Waals surface area contributed by atoms with E-state index in [2.05, 4.69) is 20.3 Å². The van der Waals surface area contributed by atoms with E-state index < -0.39 is 5.41 Å². The van der Waals surface area contributed by atoms with Crippen molar-refractivity contribution in [3.05, 3.63) is 42.6 Å². The van der Waals surface area contributed by atoms with Gasteiger partial charge in [-0.3, -0.25) is 9.20 Å². The Morgan fingerprint density at radius 2 is 2.09 bits per heavy atom. The predicted octanol–water partition coefficient (Wildman–Crippen LogP) is 1.71. The number of rotatable bonds is 7. The zero-order valence-corrected chi connectivity index (χ0v) is 17.9. The van der Waals surface area contributed by atoms with Gasteiger partial charge in [0.05, 0.1) is 24.8 Å². The second kappa shape index (κ2) is 9.17. The molecule has 0 spiro atoms. The Morgan fingerprint density at radius 1 is 1.28 bits per heavy atom. The lowest BCUT2D eigenvalue weighted by Crippen LogP contribution is -2.53. The van der Waals surface area contributed by atoms with E-state index in [1.807, 2.05) is 0 Å². The van der Waals surface area contributed by atoms with E-state index in [4.69, 9.17) is 0 Å². The summed E-state index contributed by atoms with van der Waals surface area (Å²) >= 11 is 0. The monoisotopic (exact) mass is 442 g/mol. The molecule has 3 N–H and O–H groups in total. The molecule has 1 amide bonds. The van der Waals surface area contributed by atoms with Crippen LogP contribution in [0.15, 0.2) is 36.8 Å². The SMILES string of the molecule is CCC(CO)(CO)C(=O)N1CCC[C@@H](Nc2ccnc(-c3cnc4ccc(F)cn34)n2)C1. The number of carbonyl (C=O) groups is 1. The number of nitrogens with zero attached hydrogens (tertiary/aromatic N) is 5. The van der Waals surface area contributed by atoms with Gasteiger partial charge in [-0.05, 0) is 37.5 Å². The average molecular weight is 442 g/mol. The molecular weight excluding hydrogens is 415 g/mol. The fourth-order valence-electron chi connectivity index (χ4n) is 4.07. The minimum absolute atomic E-state index is 0.0398. The van der Waals surface area contributed by atoms with Gasteiger partial charge in [0, 0.05) is 31.5 Å². The lowest BCUT2D eigenvalue weighted by atomic mass is 9.84. The van der Waals surface area contributed by atoms with Crippen LogP contribution in [0.3, 0.4) is 0 Å². The van der Waals surface area contributed by atoms with Crippen LogP contribution in [-0.4, -0.2) is 72.7 Å². The first kappa shape index (κ1) is 22.1. The quantitative estimate of drug-likeness (QED) is 0.510. The van der Waals surface area contributed by atoms with E-state index in [0.29, 0.717) is 42.5 Å². The van der Waals surface area contributed by atoms with Crippen LogP contribution in [0.1, 0.15) is 26.2 Å². The molecule has 1 saturated heterocycles.